The third-order valence-electron chi connectivity index (χ3n) is 3.79. The van der Waals surface area contributed by atoms with Gasteiger partial charge in [0.05, 0.1) is 0 Å². The summed E-state index contributed by atoms with van der Waals surface area (Å²) in [5.74, 6) is -0.135. The molecule has 1 aromatic heterocycles. The van der Waals surface area contributed by atoms with Crippen LogP contribution in [0, 0.1) is 5.41 Å². The van der Waals surface area contributed by atoms with E-state index in [1.807, 2.05) is 13.8 Å². The Morgan fingerprint density at radius 2 is 1.82 bits per heavy atom. The first-order chi connectivity index (χ1) is 9.87. The predicted octanol–water partition coefficient (Wildman–Crippen LogP) is -0.181. The molecule has 22 heavy (non-hydrogen) atoms. The predicted molar refractivity (Wildman–Crippen MR) is 81.1 cm³/mol. The number of aromatic nitrogens is 1. The second-order valence-corrected chi connectivity index (χ2v) is 6.29. The average Bonchev–Trinajstić information content (AvgIpc) is 2.36. The summed E-state index contributed by atoms with van der Waals surface area (Å²) in [5.41, 5.74) is 0.558. The number of rotatable bonds is 1. The van der Waals surface area contributed by atoms with E-state index >= 15 is 0 Å². The second kappa shape index (κ2) is 6.03. The van der Waals surface area contributed by atoms with Crippen molar-refractivity contribution in [2.24, 2.45) is 5.41 Å². The first kappa shape index (κ1) is 17.0. The van der Waals surface area contributed by atoms with Gasteiger partial charge in [0.15, 0.2) is 11.2 Å². The number of allylic oxidation sites excluding steroid dienone is 2. The van der Waals surface area contributed by atoms with Crippen LogP contribution in [0.4, 0.5) is 0 Å². The largest absolute Gasteiger partial charge is 1.00 e. The second-order valence-electron chi connectivity index (χ2n) is 6.29. The zero-order chi connectivity index (χ0) is 15.2. The smallest absolute Gasteiger partial charge is 0.656 e. The summed E-state index contributed by atoms with van der Waals surface area (Å²) in [4.78, 5) is 28.8. The normalized spacial score (nSPS) is 17.5. The van der Waals surface area contributed by atoms with Crippen LogP contribution in [0.2, 0.25) is 0 Å². The van der Waals surface area contributed by atoms with Gasteiger partial charge in [0.25, 0.3) is 0 Å². The van der Waals surface area contributed by atoms with Crippen molar-refractivity contribution in [3.63, 3.8) is 0 Å². The Labute approximate surface area is 150 Å². The molecule has 0 saturated carbocycles. The van der Waals surface area contributed by atoms with Gasteiger partial charge in [-0.2, -0.15) is 0 Å². The molecule has 3 rings (SSSR count). The van der Waals surface area contributed by atoms with Gasteiger partial charge in [-0.05, 0) is 11.5 Å². The minimum Gasteiger partial charge on any atom is -0.656 e. The van der Waals surface area contributed by atoms with Gasteiger partial charge >= 0.3 is 29.6 Å². The zero-order valence-corrected chi connectivity index (χ0v) is 15.0. The molecular weight excluding hydrogens is 289 g/mol. The van der Waals surface area contributed by atoms with E-state index in [2.05, 4.69) is 4.98 Å². The number of hydrogen-bond acceptors (Lipinski definition) is 3. The van der Waals surface area contributed by atoms with E-state index in [0.717, 1.165) is 0 Å². The van der Waals surface area contributed by atoms with E-state index in [1.54, 1.807) is 24.3 Å². The molecule has 0 aliphatic heterocycles. The molecule has 1 aliphatic carbocycles. The number of hydrogen-bond donors (Lipinski definition) is 1. The molecule has 0 unspecified atom stereocenters. The van der Waals surface area contributed by atoms with Crippen LogP contribution < -0.4 is 40.0 Å². The molecule has 5 heteroatoms. The van der Waals surface area contributed by atoms with Crippen LogP contribution in [-0.2, 0) is 4.79 Å². The van der Waals surface area contributed by atoms with Crippen LogP contribution in [0.15, 0.2) is 40.9 Å². The van der Waals surface area contributed by atoms with Crippen molar-refractivity contribution < 1.29 is 39.5 Å². The topological polar surface area (TPSA) is 68.5 Å². The van der Waals surface area contributed by atoms with Gasteiger partial charge in [-0.1, -0.05) is 38.1 Å². The maximum Gasteiger partial charge on any atom is 1.00 e. The molecule has 0 atom stereocenters. The van der Waals surface area contributed by atoms with Crippen molar-refractivity contribution in [3.05, 3.63) is 52.0 Å². The monoisotopic (exact) mass is 305 g/mol. The Morgan fingerprint density at radius 1 is 1.14 bits per heavy atom. The number of aliphatic hydroxyl groups excluding tert-OH is 1. The summed E-state index contributed by atoms with van der Waals surface area (Å²) < 4.78 is 0. The van der Waals surface area contributed by atoms with Gasteiger partial charge < -0.3 is 10.1 Å². The van der Waals surface area contributed by atoms with E-state index in [4.69, 9.17) is 0 Å². The van der Waals surface area contributed by atoms with E-state index in [0.29, 0.717) is 23.7 Å². The number of pyridine rings is 1. The fourth-order valence-corrected chi connectivity index (χ4v) is 2.85. The molecule has 1 aromatic carbocycles. The van der Waals surface area contributed by atoms with Crippen molar-refractivity contribution >= 4 is 22.3 Å². The van der Waals surface area contributed by atoms with E-state index in [9.17, 15) is 14.7 Å². The fourth-order valence-electron chi connectivity index (χ4n) is 2.85. The summed E-state index contributed by atoms with van der Waals surface area (Å²) in [6.07, 6.45) is 0.756. The molecule has 1 heterocycles. The number of carbonyl (C=O) groups excluding carboxylic acids is 1. The number of para-hydroxylation sites is 1. The van der Waals surface area contributed by atoms with Gasteiger partial charge in [0.2, 0.25) is 0 Å². The van der Waals surface area contributed by atoms with Crippen molar-refractivity contribution in [2.75, 3.05) is 0 Å². The SMILES string of the molecule is CC1(C)CC(=O)C(c2cc(=O)c3ccccc3[n-]2)=C(O)C1.[Na+]. The van der Waals surface area contributed by atoms with Crippen LogP contribution in [0.25, 0.3) is 16.5 Å². The van der Waals surface area contributed by atoms with Crippen molar-refractivity contribution in [1.29, 1.82) is 0 Å². The molecule has 4 nitrogen and oxygen atoms in total. The summed E-state index contributed by atoms with van der Waals surface area (Å²) in [5, 5.41) is 10.7. The molecule has 0 fully saturated rings. The minimum absolute atomic E-state index is 0. The summed E-state index contributed by atoms with van der Waals surface area (Å²) in [6, 6.07) is 8.34. The standard InChI is InChI=1S/C17H17NO3.Na/c1-17(2)8-14(20)16(15(21)9-17)12-7-13(19)10-5-3-4-6-11(10)18-12;/h3-7H,8-9H2,1-2H3,(H2,18,19,20,21);/q;+1/p-1. The quantitative estimate of drug-likeness (QED) is 0.742. The molecule has 2 aromatic rings. The summed E-state index contributed by atoms with van der Waals surface area (Å²) >= 11 is 0. The maximum absolute atomic E-state index is 12.3. The van der Waals surface area contributed by atoms with Crippen LogP contribution in [0.1, 0.15) is 32.4 Å². The van der Waals surface area contributed by atoms with Crippen molar-refractivity contribution in [1.82, 2.24) is 4.98 Å². The third kappa shape index (κ3) is 3.05. The number of aliphatic hydroxyl groups is 1. The van der Waals surface area contributed by atoms with Gasteiger partial charge in [-0.15, -0.1) is 11.2 Å². The number of Topliss-reactive ketones (excluding diaryl/α,β-unsaturated/α-hetero) is 1. The van der Waals surface area contributed by atoms with Crippen molar-refractivity contribution in [3.8, 4) is 0 Å². The number of fused-ring (bicyclic) bond motifs is 1. The molecule has 0 amide bonds. The fraction of sp³-hybridized carbons (Fsp3) is 0.294. The van der Waals surface area contributed by atoms with Crippen LogP contribution in [0.3, 0.4) is 0 Å². The summed E-state index contributed by atoms with van der Waals surface area (Å²) in [7, 11) is 0. The van der Waals surface area contributed by atoms with Crippen LogP contribution in [0.5, 0.6) is 0 Å². The molecule has 0 bridgehead atoms. The Hall–Kier alpha value is -1.36. The van der Waals surface area contributed by atoms with Gasteiger partial charge in [0, 0.05) is 23.8 Å². The first-order valence-corrected chi connectivity index (χ1v) is 6.90. The Bertz CT molecular complexity index is 833. The molecule has 108 valence electrons. The van der Waals surface area contributed by atoms with Gasteiger partial charge in [-0.3, -0.25) is 9.59 Å². The number of carbonyl (C=O) groups is 1. The average molecular weight is 305 g/mol. The number of nitrogens with zero attached hydrogens (tertiary/aromatic N) is 1. The van der Waals surface area contributed by atoms with Gasteiger partial charge in [-0.25, -0.2) is 0 Å². The Kier molecular flexibility index (Phi) is 4.66. The van der Waals surface area contributed by atoms with Gasteiger partial charge in [0.1, 0.15) is 5.76 Å². The molecule has 1 aliphatic rings. The Balaban J connectivity index is 0.00000176. The molecule has 1 N–H and O–H groups in total. The molecule has 0 saturated heterocycles. The van der Waals surface area contributed by atoms with E-state index in [1.165, 1.54) is 6.07 Å². The first-order valence-electron chi connectivity index (χ1n) is 6.90. The maximum atomic E-state index is 12.3. The number of benzene rings is 1. The summed E-state index contributed by atoms with van der Waals surface area (Å²) in [6.45, 7) is 3.87. The van der Waals surface area contributed by atoms with E-state index in [-0.39, 0.29) is 63.2 Å². The van der Waals surface area contributed by atoms with E-state index < -0.39 is 0 Å². The molecule has 0 radical (unpaired) electrons. The van der Waals surface area contributed by atoms with Crippen LogP contribution >= 0.6 is 0 Å². The van der Waals surface area contributed by atoms with Crippen molar-refractivity contribution in [2.45, 2.75) is 26.7 Å². The minimum atomic E-state index is -0.262. The molecular formula is C17H16NNaO3. The Morgan fingerprint density at radius 3 is 2.50 bits per heavy atom. The molecule has 0 spiro atoms. The third-order valence-corrected chi connectivity index (χ3v) is 3.79. The number of ketones is 1. The van der Waals surface area contributed by atoms with Crippen LogP contribution in [-0.4, -0.2) is 10.9 Å². The zero-order valence-electron chi connectivity index (χ0n) is 13.0.